The van der Waals surface area contributed by atoms with Crippen LogP contribution in [0.4, 0.5) is 8.78 Å². The third kappa shape index (κ3) is 2.61. The number of hydrogen-bond acceptors (Lipinski definition) is 2. The molecule has 0 aliphatic carbocycles. The van der Waals surface area contributed by atoms with Crippen LogP contribution in [0.5, 0.6) is 5.75 Å². The number of fused-ring (bicyclic) bond motifs is 1. The molecular weight excluding hydrogens is 262 g/mol. The van der Waals surface area contributed by atoms with Crippen molar-refractivity contribution in [1.29, 1.82) is 0 Å². The first-order valence-electron chi connectivity index (χ1n) is 6.24. The van der Waals surface area contributed by atoms with Crippen molar-refractivity contribution < 1.29 is 13.5 Å². The molecule has 102 valence electrons. The van der Waals surface area contributed by atoms with E-state index in [0.717, 1.165) is 17.9 Å². The number of H-pyrrole nitrogens is 1. The van der Waals surface area contributed by atoms with Gasteiger partial charge in [-0.1, -0.05) is 18.2 Å². The number of halogens is 2. The normalized spacial score (nSPS) is 10.9. The van der Waals surface area contributed by atoms with Crippen molar-refractivity contribution in [2.45, 2.75) is 6.42 Å². The molecule has 0 amide bonds. The molecule has 1 heterocycles. The minimum Gasteiger partial charge on any atom is -0.493 e. The van der Waals surface area contributed by atoms with E-state index in [4.69, 9.17) is 4.74 Å². The van der Waals surface area contributed by atoms with E-state index in [2.05, 4.69) is 9.97 Å². The summed E-state index contributed by atoms with van der Waals surface area (Å²) in [6.07, 6.45) is 0.535. The molecule has 3 rings (SSSR count). The molecule has 0 saturated heterocycles. The Balaban J connectivity index is 1.69. The minimum atomic E-state index is -0.893. The Bertz CT molecular complexity index is 686. The molecule has 1 N–H and O–H groups in total. The van der Waals surface area contributed by atoms with E-state index in [1.165, 1.54) is 0 Å². The van der Waals surface area contributed by atoms with Crippen LogP contribution in [0.3, 0.4) is 0 Å². The summed E-state index contributed by atoms with van der Waals surface area (Å²) < 4.78 is 31.7. The Morgan fingerprint density at radius 1 is 1.05 bits per heavy atom. The molecule has 20 heavy (non-hydrogen) atoms. The Morgan fingerprint density at radius 2 is 1.80 bits per heavy atom. The van der Waals surface area contributed by atoms with Crippen molar-refractivity contribution in [3.05, 3.63) is 59.9 Å². The summed E-state index contributed by atoms with van der Waals surface area (Å²) in [6.45, 7) is 0.439. The van der Waals surface area contributed by atoms with E-state index in [0.29, 0.717) is 29.9 Å². The lowest BCUT2D eigenvalue weighted by atomic mass is 10.3. The van der Waals surface area contributed by atoms with E-state index in [1.54, 1.807) is 0 Å². The van der Waals surface area contributed by atoms with Gasteiger partial charge in [0, 0.05) is 18.6 Å². The lowest BCUT2D eigenvalue weighted by molar-refractivity contribution is 0.319. The first-order chi connectivity index (χ1) is 9.72. The zero-order valence-electron chi connectivity index (χ0n) is 10.6. The maximum Gasteiger partial charge on any atom is 0.161 e. The smallest absolute Gasteiger partial charge is 0.161 e. The van der Waals surface area contributed by atoms with E-state index in [1.807, 2.05) is 30.3 Å². The zero-order chi connectivity index (χ0) is 13.9. The van der Waals surface area contributed by atoms with Crippen molar-refractivity contribution in [3.63, 3.8) is 0 Å². The number of aromatic amines is 1. The number of imidazole rings is 1. The fourth-order valence-corrected chi connectivity index (χ4v) is 1.96. The van der Waals surface area contributed by atoms with Gasteiger partial charge in [-0.2, -0.15) is 0 Å². The fourth-order valence-electron chi connectivity index (χ4n) is 1.96. The number of hydrogen-bond donors (Lipinski definition) is 1. The summed E-state index contributed by atoms with van der Waals surface area (Å²) >= 11 is 0. The summed E-state index contributed by atoms with van der Waals surface area (Å²) in [7, 11) is 0. The SMILES string of the molecule is Fc1cc2nc(CCOc3ccccc3)[nH]c2cc1F. The molecule has 3 aromatic rings. The second-order valence-corrected chi connectivity index (χ2v) is 4.38. The van der Waals surface area contributed by atoms with Gasteiger partial charge in [0.25, 0.3) is 0 Å². The molecule has 5 heteroatoms. The van der Waals surface area contributed by atoms with Gasteiger partial charge in [0.05, 0.1) is 17.6 Å². The highest BCUT2D eigenvalue weighted by Crippen LogP contribution is 2.16. The molecule has 2 aromatic carbocycles. The van der Waals surface area contributed by atoms with Gasteiger partial charge >= 0.3 is 0 Å². The standard InChI is InChI=1S/C15H12F2N2O/c16-11-8-13-14(9-12(11)17)19-15(18-13)6-7-20-10-4-2-1-3-5-10/h1-5,8-9H,6-7H2,(H,18,19). The lowest BCUT2D eigenvalue weighted by Gasteiger charge is -2.03. The topological polar surface area (TPSA) is 37.9 Å². The number of ether oxygens (including phenoxy) is 1. The van der Waals surface area contributed by atoms with Gasteiger partial charge in [0.1, 0.15) is 11.6 Å². The minimum absolute atomic E-state index is 0.415. The summed E-state index contributed by atoms with van der Waals surface area (Å²) in [5, 5.41) is 0. The number of para-hydroxylation sites is 1. The van der Waals surface area contributed by atoms with Crippen LogP contribution >= 0.6 is 0 Å². The van der Waals surface area contributed by atoms with Gasteiger partial charge in [-0.05, 0) is 12.1 Å². The van der Waals surface area contributed by atoms with Gasteiger partial charge < -0.3 is 9.72 Å². The van der Waals surface area contributed by atoms with Gasteiger partial charge in [-0.25, -0.2) is 13.8 Å². The molecule has 0 saturated carbocycles. The first kappa shape index (κ1) is 12.6. The van der Waals surface area contributed by atoms with Crippen molar-refractivity contribution in [1.82, 2.24) is 9.97 Å². The van der Waals surface area contributed by atoms with Crippen LogP contribution in [-0.4, -0.2) is 16.6 Å². The van der Waals surface area contributed by atoms with Gasteiger partial charge in [-0.15, -0.1) is 0 Å². The van der Waals surface area contributed by atoms with E-state index >= 15 is 0 Å². The average Bonchev–Trinajstić information content (AvgIpc) is 2.82. The molecule has 3 nitrogen and oxygen atoms in total. The summed E-state index contributed by atoms with van der Waals surface area (Å²) in [5.74, 6) is -0.356. The molecule has 0 radical (unpaired) electrons. The highest BCUT2D eigenvalue weighted by Gasteiger charge is 2.08. The predicted molar refractivity (Wildman–Crippen MR) is 71.7 cm³/mol. The highest BCUT2D eigenvalue weighted by atomic mass is 19.2. The van der Waals surface area contributed by atoms with Crippen LogP contribution in [0.25, 0.3) is 11.0 Å². The molecule has 0 aliphatic rings. The van der Waals surface area contributed by atoms with Crippen LogP contribution in [0.2, 0.25) is 0 Å². The maximum absolute atomic E-state index is 13.1. The van der Waals surface area contributed by atoms with Crippen LogP contribution in [0.1, 0.15) is 5.82 Å². The van der Waals surface area contributed by atoms with Crippen molar-refractivity contribution >= 4 is 11.0 Å². The molecule has 0 unspecified atom stereocenters. The molecule has 0 fully saturated rings. The monoisotopic (exact) mass is 274 g/mol. The Labute approximate surface area is 114 Å². The van der Waals surface area contributed by atoms with Crippen molar-refractivity contribution in [2.75, 3.05) is 6.61 Å². The van der Waals surface area contributed by atoms with E-state index in [-0.39, 0.29) is 0 Å². The molecule has 0 bridgehead atoms. The largest absolute Gasteiger partial charge is 0.493 e. The fraction of sp³-hybridized carbons (Fsp3) is 0.133. The molecule has 1 aromatic heterocycles. The second kappa shape index (κ2) is 5.28. The van der Waals surface area contributed by atoms with Gasteiger partial charge in [0.15, 0.2) is 11.6 Å². The second-order valence-electron chi connectivity index (χ2n) is 4.38. The van der Waals surface area contributed by atoms with Gasteiger partial charge in [-0.3, -0.25) is 0 Å². The van der Waals surface area contributed by atoms with Crippen molar-refractivity contribution in [3.8, 4) is 5.75 Å². The molecule has 0 atom stereocenters. The summed E-state index contributed by atoms with van der Waals surface area (Å²) in [4.78, 5) is 7.16. The molecule has 0 spiro atoms. The summed E-state index contributed by atoms with van der Waals surface area (Å²) in [6, 6.07) is 11.6. The number of rotatable bonds is 4. The Kier molecular flexibility index (Phi) is 3.33. The third-order valence-electron chi connectivity index (χ3n) is 2.92. The van der Waals surface area contributed by atoms with E-state index < -0.39 is 11.6 Å². The third-order valence-corrected chi connectivity index (χ3v) is 2.92. The van der Waals surface area contributed by atoms with Crippen LogP contribution in [0, 0.1) is 11.6 Å². The Morgan fingerprint density at radius 3 is 2.60 bits per heavy atom. The maximum atomic E-state index is 13.1. The zero-order valence-corrected chi connectivity index (χ0v) is 10.6. The number of benzene rings is 2. The van der Waals surface area contributed by atoms with Crippen molar-refractivity contribution in [2.24, 2.45) is 0 Å². The van der Waals surface area contributed by atoms with Crippen LogP contribution in [-0.2, 0) is 6.42 Å². The predicted octanol–water partition coefficient (Wildman–Crippen LogP) is 3.46. The molecular formula is C15H12F2N2O. The highest BCUT2D eigenvalue weighted by molar-refractivity contribution is 5.75. The van der Waals surface area contributed by atoms with E-state index in [9.17, 15) is 8.78 Å². The van der Waals surface area contributed by atoms with Crippen LogP contribution < -0.4 is 4.74 Å². The van der Waals surface area contributed by atoms with Gasteiger partial charge in [0.2, 0.25) is 0 Å². The number of nitrogens with zero attached hydrogens (tertiary/aromatic N) is 1. The average molecular weight is 274 g/mol. The lowest BCUT2D eigenvalue weighted by Crippen LogP contribution is -2.02. The number of aromatic nitrogens is 2. The molecule has 0 aliphatic heterocycles. The Hall–Kier alpha value is -2.43. The van der Waals surface area contributed by atoms with Crippen LogP contribution in [0.15, 0.2) is 42.5 Å². The number of nitrogens with one attached hydrogen (secondary N) is 1. The summed E-state index contributed by atoms with van der Waals surface area (Å²) in [5.41, 5.74) is 0.900. The quantitative estimate of drug-likeness (QED) is 0.791. The first-order valence-corrected chi connectivity index (χ1v) is 6.24.